The smallest absolute Gasteiger partial charge is 0.410 e. The van der Waals surface area contributed by atoms with Gasteiger partial charge in [-0.2, -0.15) is 0 Å². The van der Waals surface area contributed by atoms with Crippen molar-refractivity contribution in [2.24, 2.45) is 0 Å². The van der Waals surface area contributed by atoms with Crippen LogP contribution in [0.2, 0.25) is 0 Å². The molecule has 11 heteroatoms. The number of nitrogens with one attached hydrogen (secondary N) is 1. The number of hydrogen-bond acceptors (Lipinski definition) is 8. The van der Waals surface area contributed by atoms with Gasteiger partial charge in [0.05, 0.1) is 6.04 Å². The molecule has 178 valence electrons. The van der Waals surface area contributed by atoms with Crippen LogP contribution in [0, 0.1) is 0 Å². The average molecular weight is 465 g/mol. The summed E-state index contributed by atoms with van der Waals surface area (Å²) in [5.41, 5.74) is 2.10. The van der Waals surface area contributed by atoms with E-state index in [2.05, 4.69) is 30.8 Å². The second-order valence-electron chi connectivity index (χ2n) is 9.39. The van der Waals surface area contributed by atoms with Gasteiger partial charge in [-0.05, 0) is 80.8 Å². The van der Waals surface area contributed by atoms with Gasteiger partial charge in [-0.1, -0.05) is 6.07 Å². The SMILES string of the molecule is CC(C)n1nnnc1-c1cccc(NC(=O)c2cc3c(cn2)CCN(C(=O)OC(C)(C)C)C3)n1. The van der Waals surface area contributed by atoms with E-state index < -0.39 is 11.5 Å². The third-order valence-corrected chi connectivity index (χ3v) is 5.18. The quantitative estimate of drug-likeness (QED) is 0.623. The topological polar surface area (TPSA) is 128 Å². The third kappa shape index (κ3) is 5.19. The molecule has 1 aliphatic heterocycles. The fourth-order valence-corrected chi connectivity index (χ4v) is 3.56. The zero-order chi connectivity index (χ0) is 24.5. The van der Waals surface area contributed by atoms with Crippen molar-refractivity contribution in [2.45, 2.75) is 59.2 Å². The minimum Gasteiger partial charge on any atom is -0.444 e. The largest absolute Gasteiger partial charge is 0.444 e. The molecule has 1 aliphatic rings. The number of hydrogen-bond donors (Lipinski definition) is 1. The number of pyridine rings is 2. The molecular weight excluding hydrogens is 436 g/mol. The Morgan fingerprint density at radius 1 is 1.18 bits per heavy atom. The normalized spacial score (nSPS) is 13.5. The van der Waals surface area contributed by atoms with Crippen molar-refractivity contribution in [1.82, 2.24) is 35.1 Å². The van der Waals surface area contributed by atoms with Crippen molar-refractivity contribution in [3.8, 4) is 11.5 Å². The summed E-state index contributed by atoms with van der Waals surface area (Å²) >= 11 is 0. The molecule has 0 fully saturated rings. The molecule has 0 unspecified atom stereocenters. The fraction of sp³-hybridized carbons (Fsp3) is 0.435. The Labute approximate surface area is 197 Å². The molecule has 0 saturated heterocycles. The first-order valence-electron chi connectivity index (χ1n) is 11.1. The van der Waals surface area contributed by atoms with Crippen molar-refractivity contribution in [3.05, 3.63) is 47.3 Å². The lowest BCUT2D eigenvalue weighted by Gasteiger charge is -2.31. The summed E-state index contributed by atoms with van der Waals surface area (Å²) in [6.45, 7) is 10.3. The van der Waals surface area contributed by atoms with Crippen LogP contribution in [-0.2, 0) is 17.7 Å². The lowest BCUT2D eigenvalue weighted by atomic mass is 10.0. The Morgan fingerprint density at radius 3 is 2.71 bits per heavy atom. The van der Waals surface area contributed by atoms with E-state index in [-0.39, 0.29) is 17.8 Å². The average Bonchev–Trinajstić information content (AvgIpc) is 3.28. The van der Waals surface area contributed by atoms with Crippen LogP contribution in [0.15, 0.2) is 30.5 Å². The standard InChI is InChI=1S/C23H28N8O3/c1-14(2)31-20(27-28-29-31)17-7-6-8-19(25-17)26-21(32)18-11-16-13-30(10-9-15(16)12-24-18)22(33)34-23(3,4)5/h6-8,11-12,14H,9-10,13H2,1-5H3,(H,25,26,32). The van der Waals surface area contributed by atoms with Crippen molar-refractivity contribution >= 4 is 17.8 Å². The number of aromatic nitrogens is 6. The van der Waals surface area contributed by atoms with Gasteiger partial charge >= 0.3 is 6.09 Å². The second-order valence-corrected chi connectivity index (χ2v) is 9.39. The number of fused-ring (bicyclic) bond motifs is 1. The first kappa shape index (κ1) is 23.3. The molecule has 3 aromatic heterocycles. The molecule has 0 aliphatic carbocycles. The molecule has 0 bridgehead atoms. The van der Waals surface area contributed by atoms with Gasteiger partial charge in [0.1, 0.15) is 22.8 Å². The minimum absolute atomic E-state index is 0.0602. The summed E-state index contributed by atoms with van der Waals surface area (Å²) in [6.07, 6.45) is 1.97. The Morgan fingerprint density at radius 2 is 1.97 bits per heavy atom. The van der Waals surface area contributed by atoms with Crippen LogP contribution in [-0.4, -0.2) is 59.2 Å². The van der Waals surface area contributed by atoms with Crippen LogP contribution in [0.5, 0.6) is 0 Å². The van der Waals surface area contributed by atoms with E-state index in [0.29, 0.717) is 36.8 Å². The zero-order valence-corrected chi connectivity index (χ0v) is 19.9. The Kier molecular flexibility index (Phi) is 6.27. The molecule has 1 N–H and O–H groups in total. The van der Waals surface area contributed by atoms with Gasteiger partial charge < -0.3 is 15.0 Å². The molecule has 0 saturated carbocycles. The van der Waals surface area contributed by atoms with Crippen LogP contribution in [0.25, 0.3) is 11.5 Å². The van der Waals surface area contributed by atoms with E-state index >= 15 is 0 Å². The number of rotatable bonds is 4. The summed E-state index contributed by atoms with van der Waals surface area (Å²) in [4.78, 5) is 35.8. The first-order chi connectivity index (χ1) is 16.1. The summed E-state index contributed by atoms with van der Waals surface area (Å²) in [7, 11) is 0. The molecule has 0 aromatic carbocycles. The summed E-state index contributed by atoms with van der Waals surface area (Å²) < 4.78 is 7.14. The molecule has 0 spiro atoms. The molecule has 4 heterocycles. The molecule has 2 amide bonds. The van der Waals surface area contributed by atoms with Gasteiger partial charge in [-0.25, -0.2) is 14.5 Å². The maximum atomic E-state index is 12.9. The number of carbonyl (C=O) groups is 2. The van der Waals surface area contributed by atoms with E-state index in [4.69, 9.17) is 4.74 Å². The number of nitrogens with zero attached hydrogens (tertiary/aromatic N) is 7. The van der Waals surface area contributed by atoms with Crippen LogP contribution in [0.4, 0.5) is 10.6 Å². The lowest BCUT2D eigenvalue weighted by molar-refractivity contribution is 0.0224. The van der Waals surface area contributed by atoms with E-state index in [9.17, 15) is 9.59 Å². The van der Waals surface area contributed by atoms with E-state index in [0.717, 1.165) is 11.1 Å². The number of amides is 2. The first-order valence-corrected chi connectivity index (χ1v) is 11.1. The maximum absolute atomic E-state index is 12.9. The highest BCUT2D eigenvalue weighted by molar-refractivity contribution is 6.02. The second kappa shape index (κ2) is 9.16. The van der Waals surface area contributed by atoms with Gasteiger partial charge in [-0.3, -0.25) is 9.78 Å². The molecular formula is C23H28N8O3. The number of tetrazole rings is 1. The third-order valence-electron chi connectivity index (χ3n) is 5.18. The van der Waals surface area contributed by atoms with Gasteiger partial charge in [0.15, 0.2) is 0 Å². The van der Waals surface area contributed by atoms with Gasteiger partial charge in [0.2, 0.25) is 5.82 Å². The lowest BCUT2D eigenvalue weighted by Crippen LogP contribution is -2.40. The predicted octanol–water partition coefficient (Wildman–Crippen LogP) is 3.26. The Bertz CT molecular complexity index is 1210. The van der Waals surface area contributed by atoms with Crippen molar-refractivity contribution in [3.63, 3.8) is 0 Å². The highest BCUT2D eigenvalue weighted by Gasteiger charge is 2.26. The molecule has 4 rings (SSSR count). The number of anilines is 1. The zero-order valence-electron chi connectivity index (χ0n) is 19.9. The number of ether oxygens (including phenoxy) is 1. The van der Waals surface area contributed by atoms with Crippen molar-refractivity contribution in [2.75, 3.05) is 11.9 Å². The van der Waals surface area contributed by atoms with E-state index in [1.54, 1.807) is 40.0 Å². The monoisotopic (exact) mass is 464 g/mol. The predicted molar refractivity (Wildman–Crippen MR) is 124 cm³/mol. The summed E-state index contributed by atoms with van der Waals surface area (Å²) in [5, 5.41) is 14.6. The molecule has 34 heavy (non-hydrogen) atoms. The van der Waals surface area contributed by atoms with Crippen molar-refractivity contribution < 1.29 is 14.3 Å². The summed E-state index contributed by atoms with van der Waals surface area (Å²) in [5.74, 6) is 0.473. The molecule has 0 atom stereocenters. The number of carbonyl (C=O) groups excluding carboxylic acids is 2. The van der Waals surface area contributed by atoms with Crippen LogP contribution in [0.3, 0.4) is 0 Å². The van der Waals surface area contributed by atoms with E-state index in [1.165, 1.54) is 0 Å². The molecule has 0 radical (unpaired) electrons. The van der Waals surface area contributed by atoms with Crippen molar-refractivity contribution in [1.29, 1.82) is 0 Å². The van der Waals surface area contributed by atoms with Gasteiger partial charge in [-0.15, -0.1) is 5.10 Å². The summed E-state index contributed by atoms with van der Waals surface area (Å²) in [6, 6.07) is 7.02. The molecule has 11 nitrogen and oxygen atoms in total. The van der Waals surface area contributed by atoms with Crippen LogP contribution < -0.4 is 5.32 Å². The van der Waals surface area contributed by atoms with Crippen LogP contribution in [0.1, 0.15) is 62.3 Å². The van der Waals surface area contributed by atoms with Gasteiger partial charge in [0.25, 0.3) is 5.91 Å². The van der Waals surface area contributed by atoms with Gasteiger partial charge in [0, 0.05) is 19.3 Å². The van der Waals surface area contributed by atoms with Crippen LogP contribution >= 0.6 is 0 Å². The fourth-order valence-electron chi connectivity index (χ4n) is 3.56. The Balaban J connectivity index is 1.49. The minimum atomic E-state index is -0.569. The highest BCUT2D eigenvalue weighted by Crippen LogP contribution is 2.22. The maximum Gasteiger partial charge on any atom is 0.410 e. The molecule has 3 aromatic rings. The van der Waals surface area contributed by atoms with E-state index in [1.807, 2.05) is 34.6 Å². The Hall–Kier alpha value is -3.89. The highest BCUT2D eigenvalue weighted by atomic mass is 16.6.